The van der Waals surface area contributed by atoms with Crippen LogP contribution in [0.1, 0.15) is 25.6 Å². The summed E-state index contributed by atoms with van der Waals surface area (Å²) in [5.74, 6) is 1.67. The highest BCUT2D eigenvalue weighted by atomic mass is 16.5. The number of H-pyrrole nitrogens is 1. The summed E-state index contributed by atoms with van der Waals surface area (Å²) in [6.45, 7) is 6.83. The van der Waals surface area contributed by atoms with Crippen LogP contribution in [0.5, 0.6) is 0 Å². The Bertz CT molecular complexity index is 379. The molecule has 6 heteroatoms. The summed E-state index contributed by atoms with van der Waals surface area (Å²) in [6.07, 6.45) is 2.11. The molecule has 17 heavy (non-hydrogen) atoms. The molecule has 0 spiro atoms. The van der Waals surface area contributed by atoms with Crippen molar-refractivity contribution in [3.63, 3.8) is 0 Å². The molecule has 2 fully saturated rings. The molecule has 2 N–H and O–H groups in total. The zero-order valence-electron chi connectivity index (χ0n) is 10.2. The van der Waals surface area contributed by atoms with Crippen LogP contribution >= 0.6 is 0 Å². The number of nitrogens with zero attached hydrogens (tertiary/aromatic N) is 3. The lowest BCUT2D eigenvalue weighted by Gasteiger charge is -2.26. The number of aromatic amines is 1. The number of anilines is 1. The molecule has 3 rings (SSSR count). The quantitative estimate of drug-likeness (QED) is 0.771. The average molecular weight is 237 g/mol. The molecule has 6 nitrogen and oxygen atoms in total. The van der Waals surface area contributed by atoms with Crippen LogP contribution in [0.15, 0.2) is 0 Å². The fourth-order valence-electron chi connectivity index (χ4n) is 2.46. The summed E-state index contributed by atoms with van der Waals surface area (Å²) in [5, 5.41) is 10.7. The third-order valence-corrected chi connectivity index (χ3v) is 3.59. The lowest BCUT2D eigenvalue weighted by atomic mass is 10.0. The molecule has 0 aliphatic carbocycles. The number of ether oxygens (including phenoxy) is 1. The molecular formula is C11H19N5O. The highest BCUT2D eigenvalue weighted by molar-refractivity contribution is 5.30. The van der Waals surface area contributed by atoms with Crippen molar-refractivity contribution in [2.45, 2.75) is 25.4 Å². The SMILES string of the molecule is CC1(c2nc(N3CCNCC3)n[nH]2)CCCO1. The number of hydrogen-bond donors (Lipinski definition) is 2. The van der Waals surface area contributed by atoms with Crippen LogP contribution in [0.25, 0.3) is 0 Å². The molecule has 1 unspecified atom stereocenters. The van der Waals surface area contributed by atoms with Crippen molar-refractivity contribution in [1.29, 1.82) is 0 Å². The van der Waals surface area contributed by atoms with Gasteiger partial charge in [0.2, 0.25) is 5.95 Å². The second-order valence-corrected chi connectivity index (χ2v) is 4.90. The third kappa shape index (κ3) is 2.02. The highest BCUT2D eigenvalue weighted by Gasteiger charge is 2.35. The van der Waals surface area contributed by atoms with Gasteiger partial charge in [-0.15, -0.1) is 5.10 Å². The van der Waals surface area contributed by atoms with Crippen molar-refractivity contribution in [2.75, 3.05) is 37.7 Å². The van der Waals surface area contributed by atoms with Crippen LogP contribution < -0.4 is 10.2 Å². The lowest BCUT2D eigenvalue weighted by Crippen LogP contribution is -2.44. The molecule has 0 saturated carbocycles. The minimum Gasteiger partial charge on any atom is -0.367 e. The molecule has 2 aliphatic heterocycles. The number of rotatable bonds is 2. The molecule has 2 saturated heterocycles. The van der Waals surface area contributed by atoms with Gasteiger partial charge in [-0.2, -0.15) is 4.98 Å². The van der Waals surface area contributed by atoms with Gasteiger partial charge in [0.15, 0.2) is 5.82 Å². The fraction of sp³-hybridized carbons (Fsp3) is 0.818. The van der Waals surface area contributed by atoms with Crippen molar-refractivity contribution in [1.82, 2.24) is 20.5 Å². The highest BCUT2D eigenvalue weighted by Crippen LogP contribution is 2.33. The summed E-state index contributed by atoms with van der Waals surface area (Å²) >= 11 is 0. The number of aromatic nitrogens is 3. The van der Waals surface area contributed by atoms with Gasteiger partial charge < -0.3 is 15.0 Å². The van der Waals surface area contributed by atoms with Crippen LogP contribution in [0.2, 0.25) is 0 Å². The summed E-state index contributed by atoms with van der Waals surface area (Å²) < 4.78 is 5.76. The molecule has 0 bridgehead atoms. The normalized spacial score (nSPS) is 29.8. The summed E-state index contributed by atoms with van der Waals surface area (Å²) in [5.41, 5.74) is -0.265. The topological polar surface area (TPSA) is 66.1 Å². The molecule has 3 heterocycles. The zero-order chi connectivity index (χ0) is 11.7. The van der Waals surface area contributed by atoms with Gasteiger partial charge in [-0.05, 0) is 19.8 Å². The van der Waals surface area contributed by atoms with Crippen LogP contribution in [0.4, 0.5) is 5.95 Å². The van der Waals surface area contributed by atoms with E-state index in [1.165, 1.54) is 0 Å². The van der Waals surface area contributed by atoms with Crippen LogP contribution in [0.3, 0.4) is 0 Å². The minimum atomic E-state index is -0.265. The molecule has 0 aromatic carbocycles. The zero-order valence-corrected chi connectivity index (χ0v) is 10.2. The monoisotopic (exact) mass is 237 g/mol. The molecular weight excluding hydrogens is 218 g/mol. The maximum absolute atomic E-state index is 5.76. The van der Waals surface area contributed by atoms with Gasteiger partial charge in [0, 0.05) is 32.8 Å². The largest absolute Gasteiger partial charge is 0.367 e. The molecule has 0 radical (unpaired) electrons. The first kappa shape index (κ1) is 11.0. The van der Waals surface area contributed by atoms with E-state index >= 15 is 0 Å². The van der Waals surface area contributed by atoms with E-state index in [0.29, 0.717) is 0 Å². The van der Waals surface area contributed by atoms with Crippen LogP contribution in [0, 0.1) is 0 Å². The molecule has 1 aromatic heterocycles. The predicted molar refractivity (Wildman–Crippen MR) is 64.0 cm³/mol. The van der Waals surface area contributed by atoms with E-state index in [2.05, 4.69) is 32.3 Å². The van der Waals surface area contributed by atoms with Gasteiger partial charge in [-0.3, -0.25) is 5.10 Å². The van der Waals surface area contributed by atoms with Gasteiger partial charge in [-0.1, -0.05) is 0 Å². The van der Waals surface area contributed by atoms with Gasteiger partial charge in [0.05, 0.1) is 0 Å². The van der Waals surface area contributed by atoms with Gasteiger partial charge in [0.25, 0.3) is 0 Å². The number of piperazine rings is 1. The second-order valence-electron chi connectivity index (χ2n) is 4.90. The van der Waals surface area contributed by atoms with E-state index in [9.17, 15) is 0 Å². The number of hydrogen-bond acceptors (Lipinski definition) is 5. The van der Waals surface area contributed by atoms with Crippen molar-refractivity contribution < 1.29 is 4.74 Å². The maximum Gasteiger partial charge on any atom is 0.244 e. The lowest BCUT2D eigenvalue weighted by molar-refractivity contribution is 0.00966. The molecule has 1 atom stereocenters. The smallest absolute Gasteiger partial charge is 0.244 e. The summed E-state index contributed by atoms with van der Waals surface area (Å²) in [6, 6.07) is 0. The van der Waals surface area contributed by atoms with E-state index < -0.39 is 0 Å². The Hall–Kier alpha value is -1.14. The van der Waals surface area contributed by atoms with Crippen LogP contribution in [-0.4, -0.2) is 48.0 Å². The Labute approximate surface area is 101 Å². The van der Waals surface area contributed by atoms with Crippen LogP contribution in [-0.2, 0) is 10.3 Å². The van der Waals surface area contributed by atoms with Crippen molar-refractivity contribution in [3.05, 3.63) is 5.82 Å². The summed E-state index contributed by atoms with van der Waals surface area (Å²) in [4.78, 5) is 6.80. The van der Waals surface area contributed by atoms with Gasteiger partial charge in [0.1, 0.15) is 5.60 Å². The first-order chi connectivity index (χ1) is 8.28. The van der Waals surface area contributed by atoms with Crippen molar-refractivity contribution in [3.8, 4) is 0 Å². The van der Waals surface area contributed by atoms with Crippen molar-refractivity contribution >= 4 is 5.95 Å². The second kappa shape index (κ2) is 4.27. The Kier molecular flexibility index (Phi) is 2.76. The Morgan fingerprint density at radius 3 is 2.88 bits per heavy atom. The standard InChI is InChI=1S/C11H19N5O/c1-11(3-2-8-17-11)9-13-10(15-14-9)16-6-4-12-5-7-16/h12H,2-8H2,1H3,(H,13,14,15). The Morgan fingerprint density at radius 1 is 1.35 bits per heavy atom. The third-order valence-electron chi connectivity index (χ3n) is 3.59. The predicted octanol–water partition coefficient (Wildman–Crippen LogP) is 0.240. The first-order valence-electron chi connectivity index (χ1n) is 6.30. The molecule has 0 amide bonds. The summed E-state index contributed by atoms with van der Waals surface area (Å²) in [7, 11) is 0. The van der Waals surface area contributed by atoms with Gasteiger partial charge >= 0.3 is 0 Å². The first-order valence-corrected chi connectivity index (χ1v) is 6.30. The van der Waals surface area contributed by atoms with E-state index in [-0.39, 0.29) is 5.60 Å². The molecule has 2 aliphatic rings. The van der Waals surface area contributed by atoms with E-state index in [4.69, 9.17) is 4.74 Å². The maximum atomic E-state index is 5.76. The molecule has 1 aromatic rings. The Balaban J connectivity index is 1.77. The number of nitrogens with one attached hydrogen (secondary N) is 2. The average Bonchev–Trinajstić information content (AvgIpc) is 2.99. The minimum absolute atomic E-state index is 0.265. The fourth-order valence-corrected chi connectivity index (χ4v) is 2.46. The Morgan fingerprint density at radius 2 is 2.18 bits per heavy atom. The van der Waals surface area contributed by atoms with E-state index in [0.717, 1.165) is 57.4 Å². The van der Waals surface area contributed by atoms with E-state index in [1.807, 2.05) is 0 Å². The molecule has 94 valence electrons. The van der Waals surface area contributed by atoms with Gasteiger partial charge in [-0.25, -0.2) is 0 Å². The van der Waals surface area contributed by atoms with Crippen molar-refractivity contribution in [2.24, 2.45) is 0 Å². The van der Waals surface area contributed by atoms with E-state index in [1.54, 1.807) is 0 Å².